The van der Waals surface area contributed by atoms with Crippen LogP contribution in [0.4, 0.5) is 0 Å². The average Bonchev–Trinajstić information content (AvgIpc) is 2.42. The van der Waals surface area contributed by atoms with Gasteiger partial charge < -0.3 is 10.2 Å². The van der Waals surface area contributed by atoms with Crippen LogP contribution in [-0.2, 0) is 17.3 Å². The highest BCUT2D eigenvalue weighted by Gasteiger charge is 2.25. The van der Waals surface area contributed by atoms with E-state index >= 15 is 0 Å². The van der Waals surface area contributed by atoms with Crippen LogP contribution in [0.3, 0.4) is 0 Å². The van der Waals surface area contributed by atoms with Crippen molar-refractivity contribution in [1.82, 2.24) is 0 Å². The number of aryl methyl sites for hydroxylation is 1. The lowest BCUT2D eigenvalue weighted by Crippen LogP contribution is -2.17. The van der Waals surface area contributed by atoms with E-state index in [9.17, 15) is 10.2 Å². The monoisotopic (exact) mass is 326 g/mol. The highest BCUT2D eigenvalue weighted by atomic mass is 16.3. The topological polar surface area (TPSA) is 40.5 Å². The maximum atomic E-state index is 10.9. The van der Waals surface area contributed by atoms with Gasteiger partial charge in [-0.25, -0.2) is 0 Å². The van der Waals surface area contributed by atoms with Crippen molar-refractivity contribution in [3.63, 3.8) is 0 Å². The third-order valence-corrected chi connectivity index (χ3v) is 4.48. The van der Waals surface area contributed by atoms with Crippen molar-refractivity contribution in [3.05, 3.63) is 58.1 Å². The molecule has 2 aromatic rings. The molecule has 2 aromatic carbocycles. The van der Waals surface area contributed by atoms with E-state index in [1.54, 1.807) is 6.07 Å². The Morgan fingerprint density at radius 2 is 1.42 bits per heavy atom. The Labute approximate surface area is 146 Å². The van der Waals surface area contributed by atoms with Gasteiger partial charge in [0.1, 0.15) is 11.5 Å². The molecule has 0 saturated carbocycles. The number of aromatic hydroxyl groups is 2. The van der Waals surface area contributed by atoms with Crippen molar-refractivity contribution < 1.29 is 10.2 Å². The molecule has 0 spiro atoms. The average molecular weight is 326 g/mol. The summed E-state index contributed by atoms with van der Waals surface area (Å²) in [6.07, 6.45) is 0.520. The van der Waals surface area contributed by atoms with Crippen molar-refractivity contribution in [2.45, 2.75) is 65.7 Å². The standard InChI is InChI=1S/C22H30O2/c1-14-8-9-19(23)15(10-14)11-16-12-17(21(2,3)4)13-18(20(16)24)22(5,6)7/h8-10,12-13,23-24H,11H2,1-7H3. The number of hydrogen-bond acceptors (Lipinski definition) is 2. The lowest BCUT2D eigenvalue weighted by Gasteiger charge is -2.27. The summed E-state index contributed by atoms with van der Waals surface area (Å²) in [5.74, 6) is 0.620. The lowest BCUT2D eigenvalue weighted by molar-refractivity contribution is 0.438. The van der Waals surface area contributed by atoms with E-state index in [-0.39, 0.29) is 16.6 Å². The van der Waals surface area contributed by atoms with Crippen molar-refractivity contribution in [1.29, 1.82) is 0 Å². The second-order valence-electron chi connectivity index (χ2n) is 8.84. The van der Waals surface area contributed by atoms with Crippen LogP contribution in [0.5, 0.6) is 11.5 Å². The number of phenols is 2. The first-order valence-corrected chi connectivity index (χ1v) is 8.55. The summed E-state index contributed by atoms with van der Waals surface area (Å²) in [7, 11) is 0. The van der Waals surface area contributed by atoms with E-state index in [0.29, 0.717) is 12.2 Å². The van der Waals surface area contributed by atoms with Crippen molar-refractivity contribution >= 4 is 0 Å². The third kappa shape index (κ3) is 3.92. The fraction of sp³-hybridized carbons (Fsp3) is 0.455. The van der Waals surface area contributed by atoms with Crippen molar-refractivity contribution in [2.24, 2.45) is 0 Å². The van der Waals surface area contributed by atoms with E-state index in [1.807, 2.05) is 19.1 Å². The molecule has 2 heteroatoms. The minimum atomic E-state index is -0.144. The normalized spacial score (nSPS) is 12.5. The summed E-state index contributed by atoms with van der Waals surface area (Å²) in [4.78, 5) is 0. The van der Waals surface area contributed by atoms with Crippen LogP contribution >= 0.6 is 0 Å². The number of benzene rings is 2. The van der Waals surface area contributed by atoms with Crippen LogP contribution < -0.4 is 0 Å². The third-order valence-electron chi connectivity index (χ3n) is 4.48. The Bertz CT molecular complexity index is 744. The first kappa shape index (κ1) is 18.4. The first-order chi connectivity index (χ1) is 10.9. The predicted octanol–water partition coefficient (Wildman–Crippen LogP) is 5.59. The highest BCUT2D eigenvalue weighted by Crippen LogP contribution is 2.39. The van der Waals surface area contributed by atoms with E-state index < -0.39 is 0 Å². The molecule has 2 rings (SSSR count). The molecular formula is C22H30O2. The van der Waals surface area contributed by atoms with Crippen molar-refractivity contribution in [3.8, 4) is 11.5 Å². The summed E-state index contributed by atoms with van der Waals surface area (Å²) in [6.45, 7) is 14.9. The second-order valence-corrected chi connectivity index (χ2v) is 8.84. The van der Waals surface area contributed by atoms with Gasteiger partial charge in [0.25, 0.3) is 0 Å². The SMILES string of the molecule is Cc1ccc(O)c(Cc2cc(C(C)(C)C)cc(C(C)(C)C)c2O)c1. The van der Waals surface area contributed by atoms with E-state index in [4.69, 9.17) is 0 Å². The summed E-state index contributed by atoms with van der Waals surface area (Å²) < 4.78 is 0. The Balaban J connectivity index is 2.62. The minimum absolute atomic E-state index is 0.00288. The summed E-state index contributed by atoms with van der Waals surface area (Å²) in [5, 5.41) is 21.0. The maximum absolute atomic E-state index is 10.9. The molecule has 0 saturated heterocycles. The summed E-state index contributed by atoms with van der Waals surface area (Å²) >= 11 is 0. The van der Waals surface area contributed by atoms with E-state index in [2.05, 4.69) is 53.7 Å². The minimum Gasteiger partial charge on any atom is -0.508 e. The zero-order valence-electron chi connectivity index (χ0n) is 16.0. The zero-order chi connectivity index (χ0) is 18.3. The van der Waals surface area contributed by atoms with Crippen LogP contribution in [0.1, 0.15) is 69.4 Å². The quantitative estimate of drug-likeness (QED) is 0.755. The van der Waals surface area contributed by atoms with Crippen molar-refractivity contribution in [2.75, 3.05) is 0 Å². The smallest absolute Gasteiger partial charge is 0.122 e. The summed E-state index contributed by atoms with van der Waals surface area (Å²) in [5.41, 5.74) is 4.82. The van der Waals surface area contributed by atoms with Gasteiger partial charge in [0.05, 0.1) is 0 Å². The van der Waals surface area contributed by atoms with Gasteiger partial charge in [0.15, 0.2) is 0 Å². The Hall–Kier alpha value is -1.96. The molecule has 130 valence electrons. The zero-order valence-corrected chi connectivity index (χ0v) is 16.0. The highest BCUT2D eigenvalue weighted by molar-refractivity contribution is 5.51. The molecule has 2 N–H and O–H groups in total. The predicted molar refractivity (Wildman–Crippen MR) is 101 cm³/mol. The van der Waals surface area contributed by atoms with Crippen LogP contribution in [0.25, 0.3) is 0 Å². The molecule has 0 radical (unpaired) electrons. The van der Waals surface area contributed by atoms with Gasteiger partial charge in [-0.2, -0.15) is 0 Å². The number of hydrogen-bond donors (Lipinski definition) is 2. The van der Waals surface area contributed by atoms with Gasteiger partial charge in [-0.05, 0) is 46.1 Å². The summed E-state index contributed by atoms with van der Waals surface area (Å²) in [6, 6.07) is 9.79. The number of rotatable bonds is 2. The van der Waals surface area contributed by atoms with Crippen LogP contribution in [-0.4, -0.2) is 10.2 Å². The molecular weight excluding hydrogens is 296 g/mol. The molecule has 0 atom stereocenters. The van der Waals surface area contributed by atoms with E-state index in [1.165, 1.54) is 5.56 Å². The molecule has 0 aromatic heterocycles. The molecule has 2 nitrogen and oxygen atoms in total. The Morgan fingerprint density at radius 3 is 1.96 bits per heavy atom. The molecule has 0 aliphatic carbocycles. The van der Waals surface area contributed by atoms with Crippen LogP contribution in [0.15, 0.2) is 30.3 Å². The fourth-order valence-corrected chi connectivity index (χ4v) is 2.90. The van der Waals surface area contributed by atoms with Crippen LogP contribution in [0.2, 0.25) is 0 Å². The maximum Gasteiger partial charge on any atom is 0.122 e. The molecule has 24 heavy (non-hydrogen) atoms. The molecule has 0 aliphatic heterocycles. The van der Waals surface area contributed by atoms with Gasteiger partial charge in [-0.1, -0.05) is 71.4 Å². The van der Waals surface area contributed by atoms with Gasteiger partial charge in [0.2, 0.25) is 0 Å². The first-order valence-electron chi connectivity index (χ1n) is 8.55. The van der Waals surface area contributed by atoms with Gasteiger partial charge in [0, 0.05) is 6.42 Å². The van der Waals surface area contributed by atoms with Gasteiger partial charge >= 0.3 is 0 Å². The van der Waals surface area contributed by atoms with E-state index in [0.717, 1.165) is 22.3 Å². The Morgan fingerprint density at radius 1 is 0.792 bits per heavy atom. The number of phenolic OH excluding ortho intramolecular Hbond substituents is 2. The Kier molecular flexibility index (Phi) is 4.72. The lowest BCUT2D eigenvalue weighted by atomic mass is 9.78. The molecule has 0 fully saturated rings. The molecule has 0 amide bonds. The molecule has 0 bridgehead atoms. The molecule has 0 unspecified atom stereocenters. The fourth-order valence-electron chi connectivity index (χ4n) is 2.90. The largest absolute Gasteiger partial charge is 0.508 e. The second kappa shape index (κ2) is 6.16. The van der Waals surface area contributed by atoms with Gasteiger partial charge in [-0.3, -0.25) is 0 Å². The molecule has 0 heterocycles. The van der Waals surface area contributed by atoms with Crippen LogP contribution in [0, 0.1) is 6.92 Å². The molecule has 0 aliphatic rings. The van der Waals surface area contributed by atoms with Gasteiger partial charge in [-0.15, -0.1) is 0 Å².